The van der Waals surface area contributed by atoms with E-state index in [9.17, 15) is 9.59 Å². The maximum atomic E-state index is 13.1. The van der Waals surface area contributed by atoms with Gasteiger partial charge in [0.15, 0.2) is 0 Å². The first-order valence-corrected chi connectivity index (χ1v) is 13.7. The van der Waals surface area contributed by atoms with Gasteiger partial charge in [-0.05, 0) is 61.2 Å². The second-order valence-electron chi connectivity index (χ2n) is 10.4. The molecule has 40 heavy (non-hydrogen) atoms. The number of carbonyl (C=O) groups excluding carboxylic acids is 1. The number of benzene rings is 3. The van der Waals surface area contributed by atoms with E-state index in [1.165, 1.54) is 4.68 Å². The van der Waals surface area contributed by atoms with E-state index in [1.54, 1.807) is 6.20 Å². The van der Waals surface area contributed by atoms with Crippen molar-refractivity contribution in [1.29, 1.82) is 0 Å². The van der Waals surface area contributed by atoms with E-state index in [2.05, 4.69) is 39.8 Å². The molecule has 1 aliphatic heterocycles. The van der Waals surface area contributed by atoms with Gasteiger partial charge in [0, 0.05) is 36.5 Å². The number of piperazine rings is 1. The number of aryl methyl sites for hydroxylation is 1. The van der Waals surface area contributed by atoms with Crippen molar-refractivity contribution in [3.63, 3.8) is 0 Å². The Morgan fingerprint density at radius 1 is 0.975 bits per heavy atom. The summed E-state index contributed by atoms with van der Waals surface area (Å²) in [4.78, 5) is 28.0. The van der Waals surface area contributed by atoms with Crippen molar-refractivity contribution in [2.75, 3.05) is 28.6 Å². The molecule has 3 aromatic carbocycles. The molecule has 3 N–H and O–H groups in total. The van der Waals surface area contributed by atoms with E-state index in [0.29, 0.717) is 17.1 Å². The molecule has 4 aromatic rings. The fraction of sp³-hybridized carbons (Fsp3) is 0.258. The SMILES string of the molecule is Cc1ccc(Cn2ncc(N3CC(C)NC(C)C3)c(Cl)c2=O)cc1NC(=O)Nc1ccc(-c2ccccc2)cc1. The summed E-state index contributed by atoms with van der Waals surface area (Å²) >= 11 is 6.54. The van der Waals surface area contributed by atoms with E-state index >= 15 is 0 Å². The monoisotopic (exact) mass is 556 g/mol. The van der Waals surface area contributed by atoms with Crippen molar-refractivity contribution in [2.45, 2.75) is 39.4 Å². The summed E-state index contributed by atoms with van der Waals surface area (Å²) in [5.74, 6) is 0. The van der Waals surface area contributed by atoms with Crippen LogP contribution in [0.5, 0.6) is 0 Å². The van der Waals surface area contributed by atoms with Gasteiger partial charge in [-0.2, -0.15) is 5.10 Å². The number of hydrogen-bond acceptors (Lipinski definition) is 5. The van der Waals surface area contributed by atoms with Crippen molar-refractivity contribution < 1.29 is 4.79 Å². The maximum Gasteiger partial charge on any atom is 0.323 e. The van der Waals surface area contributed by atoms with Crippen LogP contribution in [-0.4, -0.2) is 41.0 Å². The molecule has 9 heteroatoms. The smallest absolute Gasteiger partial charge is 0.323 e. The summed E-state index contributed by atoms with van der Waals surface area (Å²) in [6, 6.07) is 23.6. The second kappa shape index (κ2) is 11.9. The standard InChI is InChI=1S/C31H33ClN6O2/c1-20-9-10-23(19-38-30(39)29(32)28(16-33-38)37-17-21(2)34-22(3)18-37)15-27(20)36-31(40)35-26-13-11-25(12-14-26)24-7-5-4-6-8-24/h4-16,21-22,34H,17-19H2,1-3H3,(H2,35,36,40). The van der Waals surface area contributed by atoms with Gasteiger partial charge < -0.3 is 20.9 Å². The zero-order valence-corrected chi connectivity index (χ0v) is 23.6. The summed E-state index contributed by atoms with van der Waals surface area (Å²) in [5.41, 5.74) is 5.55. The number of amides is 2. The average molecular weight is 557 g/mol. The Hall–Kier alpha value is -4.14. The van der Waals surface area contributed by atoms with Gasteiger partial charge >= 0.3 is 6.03 Å². The lowest BCUT2D eigenvalue weighted by molar-refractivity contribution is 0.262. The molecule has 1 fully saturated rings. The van der Waals surface area contributed by atoms with Crippen molar-refractivity contribution >= 4 is 34.7 Å². The molecule has 0 spiro atoms. The van der Waals surface area contributed by atoms with E-state index in [1.807, 2.05) is 79.7 Å². The van der Waals surface area contributed by atoms with Crippen LogP contribution in [0.2, 0.25) is 5.02 Å². The third-order valence-corrected chi connectivity index (χ3v) is 7.35. The van der Waals surface area contributed by atoms with Crippen molar-refractivity contribution in [3.05, 3.63) is 105 Å². The molecule has 0 bridgehead atoms. The fourth-order valence-corrected chi connectivity index (χ4v) is 5.32. The van der Waals surface area contributed by atoms with E-state index in [-0.39, 0.29) is 35.2 Å². The highest BCUT2D eigenvalue weighted by Gasteiger charge is 2.24. The van der Waals surface area contributed by atoms with Crippen LogP contribution in [0.25, 0.3) is 11.1 Å². The number of aromatic nitrogens is 2. The molecule has 206 valence electrons. The first kappa shape index (κ1) is 27.4. The zero-order chi connectivity index (χ0) is 28.2. The lowest BCUT2D eigenvalue weighted by Crippen LogP contribution is -2.54. The van der Waals surface area contributed by atoms with E-state index in [0.717, 1.165) is 35.3 Å². The number of urea groups is 1. The number of nitrogens with zero attached hydrogens (tertiary/aromatic N) is 3. The number of nitrogens with one attached hydrogen (secondary N) is 3. The third-order valence-electron chi connectivity index (χ3n) is 7.00. The first-order valence-electron chi connectivity index (χ1n) is 13.4. The maximum absolute atomic E-state index is 13.1. The molecule has 2 heterocycles. The third kappa shape index (κ3) is 6.35. The molecular formula is C31H33ClN6O2. The predicted octanol–water partition coefficient (Wildman–Crippen LogP) is 5.75. The zero-order valence-electron chi connectivity index (χ0n) is 22.8. The van der Waals surface area contributed by atoms with Crippen LogP contribution in [0.3, 0.4) is 0 Å². The number of halogens is 1. The Balaban J connectivity index is 1.26. The van der Waals surface area contributed by atoms with E-state index < -0.39 is 0 Å². The van der Waals surface area contributed by atoms with Gasteiger partial charge in [0.2, 0.25) is 0 Å². The highest BCUT2D eigenvalue weighted by molar-refractivity contribution is 6.33. The minimum Gasteiger partial charge on any atom is -0.366 e. The van der Waals surface area contributed by atoms with Gasteiger partial charge in [-0.3, -0.25) is 4.79 Å². The largest absolute Gasteiger partial charge is 0.366 e. The topological polar surface area (TPSA) is 91.3 Å². The fourth-order valence-electron chi connectivity index (χ4n) is 5.05. The molecule has 5 rings (SSSR count). The highest BCUT2D eigenvalue weighted by atomic mass is 35.5. The minimum atomic E-state index is -0.352. The van der Waals surface area contributed by atoms with Crippen LogP contribution in [0.4, 0.5) is 21.9 Å². The molecule has 2 amide bonds. The van der Waals surface area contributed by atoms with Crippen molar-refractivity contribution in [1.82, 2.24) is 15.1 Å². The molecule has 0 aliphatic carbocycles. The quantitative estimate of drug-likeness (QED) is 0.281. The van der Waals surface area contributed by atoms with Crippen molar-refractivity contribution in [3.8, 4) is 11.1 Å². The molecule has 1 aliphatic rings. The molecular weight excluding hydrogens is 524 g/mol. The molecule has 0 saturated carbocycles. The Kier molecular flexibility index (Phi) is 8.19. The lowest BCUT2D eigenvalue weighted by Gasteiger charge is -2.37. The van der Waals surface area contributed by atoms with Crippen LogP contribution in [0, 0.1) is 6.92 Å². The highest BCUT2D eigenvalue weighted by Crippen LogP contribution is 2.25. The summed E-state index contributed by atoms with van der Waals surface area (Å²) in [5, 5.41) is 13.9. The number of hydrogen-bond donors (Lipinski definition) is 3. The number of rotatable bonds is 6. The van der Waals surface area contributed by atoms with Gasteiger partial charge in [0.05, 0.1) is 18.4 Å². The van der Waals surface area contributed by atoms with Crippen LogP contribution < -0.4 is 26.4 Å². The number of carbonyl (C=O) groups is 1. The van der Waals surface area contributed by atoms with Crippen LogP contribution >= 0.6 is 11.6 Å². The molecule has 1 saturated heterocycles. The van der Waals surface area contributed by atoms with Crippen LogP contribution in [0.1, 0.15) is 25.0 Å². The van der Waals surface area contributed by atoms with Crippen LogP contribution in [0.15, 0.2) is 83.8 Å². The predicted molar refractivity (Wildman–Crippen MR) is 163 cm³/mol. The Labute approximate surface area is 239 Å². The molecule has 8 nitrogen and oxygen atoms in total. The second-order valence-corrected chi connectivity index (χ2v) is 10.7. The Morgan fingerprint density at radius 2 is 1.65 bits per heavy atom. The van der Waals surface area contributed by atoms with Crippen LogP contribution in [-0.2, 0) is 6.54 Å². The Morgan fingerprint density at radius 3 is 2.35 bits per heavy atom. The van der Waals surface area contributed by atoms with Gasteiger partial charge in [-0.25, -0.2) is 9.48 Å². The summed E-state index contributed by atoms with van der Waals surface area (Å²) in [6.45, 7) is 7.86. The van der Waals surface area contributed by atoms with E-state index in [4.69, 9.17) is 11.6 Å². The first-order chi connectivity index (χ1) is 19.3. The number of anilines is 3. The molecule has 0 radical (unpaired) electrons. The molecule has 1 aromatic heterocycles. The van der Waals surface area contributed by atoms with Gasteiger partial charge in [0.25, 0.3) is 5.56 Å². The molecule has 2 unspecified atom stereocenters. The minimum absolute atomic E-state index is 0.166. The molecule has 2 atom stereocenters. The van der Waals surface area contributed by atoms with Gasteiger partial charge in [-0.1, -0.05) is 66.2 Å². The summed E-state index contributed by atoms with van der Waals surface area (Å²) in [6.07, 6.45) is 1.67. The van der Waals surface area contributed by atoms with Gasteiger partial charge in [-0.15, -0.1) is 0 Å². The summed E-state index contributed by atoms with van der Waals surface area (Å²) < 4.78 is 1.35. The summed E-state index contributed by atoms with van der Waals surface area (Å²) in [7, 11) is 0. The normalized spacial score (nSPS) is 16.9. The lowest BCUT2D eigenvalue weighted by atomic mass is 10.1. The Bertz CT molecular complexity index is 1540. The van der Waals surface area contributed by atoms with Crippen molar-refractivity contribution in [2.24, 2.45) is 0 Å². The average Bonchev–Trinajstić information content (AvgIpc) is 2.93. The van der Waals surface area contributed by atoms with Gasteiger partial charge in [0.1, 0.15) is 5.02 Å².